The lowest BCUT2D eigenvalue weighted by Gasteiger charge is -2.26. The van der Waals surface area contributed by atoms with Gasteiger partial charge in [-0.05, 0) is 43.7 Å². The van der Waals surface area contributed by atoms with Crippen LogP contribution in [0.15, 0.2) is 18.2 Å². The van der Waals surface area contributed by atoms with Crippen LogP contribution in [0.3, 0.4) is 0 Å². The fourth-order valence-corrected chi connectivity index (χ4v) is 2.37. The van der Waals surface area contributed by atoms with Crippen molar-refractivity contribution in [3.8, 4) is 11.8 Å². The Hall–Kier alpha value is -2.09. The summed E-state index contributed by atoms with van der Waals surface area (Å²) in [6, 6.07) is 6.23. The third-order valence-corrected chi connectivity index (χ3v) is 3.55. The molecule has 0 spiro atoms. The van der Waals surface area contributed by atoms with Gasteiger partial charge in [0, 0.05) is 0 Å². The van der Waals surface area contributed by atoms with E-state index < -0.39 is 4.92 Å². The molecule has 1 saturated carbocycles. The molecule has 0 amide bonds. The van der Waals surface area contributed by atoms with Crippen molar-refractivity contribution < 1.29 is 9.66 Å². The monoisotopic (exact) mass is 260 g/mol. The lowest BCUT2D eigenvalue weighted by atomic mass is 9.89. The van der Waals surface area contributed by atoms with E-state index in [2.05, 4.69) is 6.92 Å². The van der Waals surface area contributed by atoms with E-state index >= 15 is 0 Å². The van der Waals surface area contributed by atoms with E-state index in [0.29, 0.717) is 5.75 Å². The molecule has 1 aliphatic carbocycles. The molecule has 0 aliphatic heterocycles. The van der Waals surface area contributed by atoms with Crippen LogP contribution in [-0.2, 0) is 0 Å². The minimum Gasteiger partial charge on any atom is -0.490 e. The smallest absolute Gasteiger partial charge is 0.290 e. The summed E-state index contributed by atoms with van der Waals surface area (Å²) >= 11 is 0. The van der Waals surface area contributed by atoms with Crippen LogP contribution < -0.4 is 4.74 Å². The Morgan fingerprint density at radius 3 is 2.63 bits per heavy atom. The largest absolute Gasteiger partial charge is 0.490 e. The second-order valence-electron chi connectivity index (χ2n) is 5.05. The van der Waals surface area contributed by atoms with Crippen molar-refractivity contribution in [2.75, 3.05) is 0 Å². The van der Waals surface area contributed by atoms with Crippen LogP contribution in [0.5, 0.6) is 5.75 Å². The zero-order valence-corrected chi connectivity index (χ0v) is 10.8. The van der Waals surface area contributed by atoms with E-state index in [1.54, 1.807) is 6.07 Å². The van der Waals surface area contributed by atoms with Gasteiger partial charge in [0.25, 0.3) is 5.69 Å². The summed E-state index contributed by atoms with van der Waals surface area (Å²) in [4.78, 5) is 10.3. The summed E-state index contributed by atoms with van der Waals surface area (Å²) in [5, 5.41) is 19.7. The van der Waals surface area contributed by atoms with Gasteiger partial charge in [-0.2, -0.15) is 5.26 Å². The van der Waals surface area contributed by atoms with Gasteiger partial charge in [0.1, 0.15) is 17.4 Å². The summed E-state index contributed by atoms with van der Waals surface area (Å²) < 4.78 is 5.78. The average Bonchev–Trinajstić information content (AvgIpc) is 2.41. The number of hydrogen-bond acceptors (Lipinski definition) is 4. The van der Waals surface area contributed by atoms with Crippen molar-refractivity contribution in [2.45, 2.75) is 38.7 Å². The van der Waals surface area contributed by atoms with Gasteiger partial charge in [-0.1, -0.05) is 6.92 Å². The van der Waals surface area contributed by atoms with Crippen LogP contribution in [0.4, 0.5) is 5.69 Å². The summed E-state index contributed by atoms with van der Waals surface area (Å²) in [5.41, 5.74) is -0.126. The Kier molecular flexibility index (Phi) is 4.00. The van der Waals surface area contributed by atoms with Crippen molar-refractivity contribution in [1.82, 2.24) is 0 Å². The van der Waals surface area contributed by atoms with Crippen LogP contribution >= 0.6 is 0 Å². The van der Waals surface area contributed by atoms with Gasteiger partial charge in [0.15, 0.2) is 0 Å². The Bertz CT molecular complexity index is 514. The zero-order valence-electron chi connectivity index (χ0n) is 10.8. The van der Waals surface area contributed by atoms with Gasteiger partial charge < -0.3 is 4.74 Å². The molecular formula is C14H16N2O3. The van der Waals surface area contributed by atoms with Crippen molar-refractivity contribution in [1.29, 1.82) is 5.26 Å². The Balaban J connectivity index is 2.11. The molecule has 1 aliphatic rings. The lowest BCUT2D eigenvalue weighted by Crippen LogP contribution is -2.23. The Morgan fingerprint density at radius 1 is 1.37 bits per heavy atom. The third-order valence-electron chi connectivity index (χ3n) is 3.55. The molecular weight excluding hydrogens is 244 g/mol. The first kappa shape index (κ1) is 13.3. The second-order valence-corrected chi connectivity index (χ2v) is 5.05. The normalized spacial score (nSPS) is 22.5. The highest BCUT2D eigenvalue weighted by Crippen LogP contribution is 2.29. The summed E-state index contributed by atoms with van der Waals surface area (Å²) in [7, 11) is 0. The van der Waals surface area contributed by atoms with Crippen molar-refractivity contribution in [2.24, 2.45) is 5.92 Å². The van der Waals surface area contributed by atoms with Crippen molar-refractivity contribution in [3.63, 3.8) is 0 Å². The van der Waals surface area contributed by atoms with Crippen molar-refractivity contribution in [3.05, 3.63) is 33.9 Å². The first-order valence-electron chi connectivity index (χ1n) is 6.45. The lowest BCUT2D eigenvalue weighted by molar-refractivity contribution is -0.385. The van der Waals surface area contributed by atoms with E-state index in [4.69, 9.17) is 10.00 Å². The van der Waals surface area contributed by atoms with Gasteiger partial charge in [0.2, 0.25) is 0 Å². The quantitative estimate of drug-likeness (QED) is 0.616. The molecule has 5 heteroatoms. The van der Waals surface area contributed by atoms with Crippen LogP contribution in [0, 0.1) is 27.4 Å². The SMILES string of the molecule is CC1CCC(Oc2ccc(C#N)c([N+](=O)[O-])c2)CC1. The molecule has 0 radical (unpaired) electrons. The molecule has 5 nitrogen and oxygen atoms in total. The minimum atomic E-state index is -0.547. The van der Waals surface area contributed by atoms with Crippen LogP contribution in [0.25, 0.3) is 0 Å². The van der Waals surface area contributed by atoms with E-state index in [9.17, 15) is 10.1 Å². The minimum absolute atomic E-state index is 0.0645. The van der Waals surface area contributed by atoms with Gasteiger partial charge in [-0.15, -0.1) is 0 Å². The third kappa shape index (κ3) is 3.22. The standard InChI is InChI=1S/C14H16N2O3/c1-10-2-5-12(6-3-10)19-13-7-4-11(9-15)14(8-13)16(17)18/h4,7-8,10,12H,2-3,5-6H2,1H3. The first-order valence-corrected chi connectivity index (χ1v) is 6.45. The maximum absolute atomic E-state index is 10.9. The number of nitrogens with zero attached hydrogens (tertiary/aromatic N) is 2. The van der Waals surface area contributed by atoms with Gasteiger partial charge in [-0.3, -0.25) is 10.1 Å². The van der Waals surface area contributed by atoms with Crippen LogP contribution in [-0.4, -0.2) is 11.0 Å². The van der Waals surface area contributed by atoms with Crippen LogP contribution in [0.2, 0.25) is 0 Å². The number of rotatable bonds is 3. The zero-order chi connectivity index (χ0) is 13.8. The molecule has 0 unspecified atom stereocenters. The average molecular weight is 260 g/mol. The number of nitro benzene ring substituents is 1. The fraction of sp³-hybridized carbons (Fsp3) is 0.500. The van der Waals surface area contributed by atoms with E-state index in [1.165, 1.54) is 12.1 Å². The highest BCUT2D eigenvalue weighted by atomic mass is 16.6. The van der Waals surface area contributed by atoms with Gasteiger partial charge >= 0.3 is 0 Å². The number of nitro groups is 1. The van der Waals surface area contributed by atoms with E-state index in [1.807, 2.05) is 6.07 Å². The summed E-state index contributed by atoms with van der Waals surface area (Å²) in [5.74, 6) is 1.21. The highest BCUT2D eigenvalue weighted by Gasteiger charge is 2.21. The Morgan fingerprint density at radius 2 is 2.05 bits per heavy atom. The van der Waals surface area contributed by atoms with E-state index in [-0.39, 0.29) is 17.4 Å². The topological polar surface area (TPSA) is 76.2 Å². The maximum Gasteiger partial charge on any atom is 0.290 e. The van der Waals surface area contributed by atoms with Crippen molar-refractivity contribution >= 4 is 5.69 Å². The summed E-state index contributed by atoms with van der Waals surface area (Å²) in [6.07, 6.45) is 4.35. The molecule has 1 aromatic rings. The predicted octanol–water partition coefficient (Wildman–Crippen LogP) is 3.42. The first-order chi connectivity index (χ1) is 9.10. The molecule has 2 rings (SSSR count). The molecule has 0 heterocycles. The molecule has 100 valence electrons. The maximum atomic E-state index is 10.9. The number of hydrogen-bond donors (Lipinski definition) is 0. The molecule has 0 bridgehead atoms. The Labute approximate surface area is 112 Å². The molecule has 0 atom stereocenters. The number of benzene rings is 1. The highest BCUT2D eigenvalue weighted by molar-refractivity contribution is 5.52. The number of ether oxygens (including phenoxy) is 1. The van der Waals surface area contributed by atoms with E-state index in [0.717, 1.165) is 31.6 Å². The van der Waals surface area contributed by atoms with Gasteiger partial charge in [0.05, 0.1) is 17.1 Å². The number of nitriles is 1. The summed E-state index contributed by atoms with van der Waals surface area (Å²) in [6.45, 7) is 2.22. The molecule has 0 saturated heterocycles. The molecule has 0 N–H and O–H groups in total. The second kappa shape index (κ2) is 5.70. The molecule has 1 fully saturated rings. The molecule has 1 aromatic carbocycles. The van der Waals surface area contributed by atoms with Gasteiger partial charge in [-0.25, -0.2) is 0 Å². The van der Waals surface area contributed by atoms with Crippen LogP contribution in [0.1, 0.15) is 38.2 Å². The molecule has 0 aromatic heterocycles. The predicted molar refractivity (Wildman–Crippen MR) is 69.9 cm³/mol. The molecule has 19 heavy (non-hydrogen) atoms. The fourth-order valence-electron chi connectivity index (χ4n) is 2.37.